The molecule has 4 N–H and O–H groups in total. The summed E-state index contributed by atoms with van der Waals surface area (Å²) in [5, 5.41) is 4.72. The number of benzene rings is 1. The number of nitrogens with two attached hydrogens (primary N) is 2. The molecule has 1 atom stereocenters. The molecule has 0 aliphatic carbocycles. The smallest absolute Gasteiger partial charge is 0.154 e. The van der Waals surface area contributed by atoms with Gasteiger partial charge in [0.15, 0.2) is 5.65 Å². The average molecular weight is 295 g/mol. The summed E-state index contributed by atoms with van der Waals surface area (Å²) in [5.41, 5.74) is 15.2. The molecule has 3 rings (SSSR count). The van der Waals surface area contributed by atoms with Crippen molar-refractivity contribution in [2.45, 2.75) is 25.3 Å². The van der Waals surface area contributed by atoms with Gasteiger partial charge >= 0.3 is 0 Å². The van der Waals surface area contributed by atoms with E-state index in [2.05, 4.69) is 4.98 Å². The van der Waals surface area contributed by atoms with Crippen LogP contribution in [0.1, 0.15) is 25.5 Å². The first-order chi connectivity index (χ1) is 10.6. The minimum absolute atomic E-state index is 0.494. The van der Waals surface area contributed by atoms with Crippen LogP contribution in [0.15, 0.2) is 48.7 Å². The van der Waals surface area contributed by atoms with Crippen LogP contribution in [0.3, 0.4) is 0 Å². The van der Waals surface area contributed by atoms with Gasteiger partial charge in [-0.15, -0.1) is 0 Å². The van der Waals surface area contributed by atoms with Gasteiger partial charge in [0.1, 0.15) is 0 Å². The Kier molecular flexibility index (Phi) is 3.92. The maximum Gasteiger partial charge on any atom is 0.154 e. The highest BCUT2D eigenvalue weighted by Crippen LogP contribution is 2.24. The minimum Gasteiger partial charge on any atom is -0.330 e. The molecule has 0 saturated carbocycles. The summed E-state index contributed by atoms with van der Waals surface area (Å²) in [6.45, 7) is 2.63. The first-order valence-corrected chi connectivity index (χ1v) is 7.51. The lowest BCUT2D eigenvalue weighted by Crippen LogP contribution is -2.35. The second kappa shape index (κ2) is 5.87. The van der Waals surface area contributed by atoms with Crippen LogP contribution in [-0.2, 0) is 5.54 Å². The lowest BCUT2D eigenvalue weighted by molar-refractivity contribution is 0.421. The highest BCUT2D eigenvalue weighted by molar-refractivity contribution is 5.62. The van der Waals surface area contributed by atoms with E-state index in [0.717, 1.165) is 35.4 Å². The molecule has 2 aromatic heterocycles. The fourth-order valence-corrected chi connectivity index (χ4v) is 2.58. The van der Waals surface area contributed by atoms with Gasteiger partial charge in [-0.3, -0.25) is 0 Å². The van der Waals surface area contributed by atoms with E-state index in [1.165, 1.54) is 0 Å². The van der Waals surface area contributed by atoms with Crippen LogP contribution < -0.4 is 11.5 Å². The number of aromatic nitrogens is 3. The summed E-state index contributed by atoms with van der Waals surface area (Å²) < 4.78 is 1.86. The normalized spacial score (nSPS) is 14.1. The summed E-state index contributed by atoms with van der Waals surface area (Å²) >= 11 is 0. The first kappa shape index (κ1) is 14.7. The van der Waals surface area contributed by atoms with Gasteiger partial charge < -0.3 is 11.5 Å². The molecule has 2 heterocycles. The molecule has 0 spiro atoms. The van der Waals surface area contributed by atoms with Crippen molar-refractivity contribution < 1.29 is 0 Å². The van der Waals surface area contributed by atoms with Crippen LogP contribution in [0, 0.1) is 0 Å². The van der Waals surface area contributed by atoms with Gasteiger partial charge in [-0.1, -0.05) is 30.3 Å². The van der Waals surface area contributed by atoms with Crippen molar-refractivity contribution >= 4 is 5.65 Å². The van der Waals surface area contributed by atoms with Crippen LogP contribution in [0.2, 0.25) is 0 Å². The third-order valence-corrected chi connectivity index (χ3v) is 3.92. The zero-order valence-electron chi connectivity index (χ0n) is 12.7. The molecule has 0 saturated heterocycles. The van der Waals surface area contributed by atoms with Crippen LogP contribution >= 0.6 is 0 Å². The predicted octanol–water partition coefficient (Wildman–Crippen LogP) is 2.31. The standard InChI is InChI=1S/C17H21N5/c1-17(19,10-5-11-18)15-8-9-16-20-12-14(22(16)21-15)13-6-3-2-4-7-13/h2-4,6-9,12H,5,10-11,18-19H2,1H3. The van der Waals surface area contributed by atoms with Gasteiger partial charge in [0.2, 0.25) is 0 Å². The average Bonchev–Trinajstić information content (AvgIpc) is 2.97. The van der Waals surface area contributed by atoms with E-state index in [9.17, 15) is 0 Å². The molecule has 1 unspecified atom stereocenters. The van der Waals surface area contributed by atoms with Crippen molar-refractivity contribution in [3.05, 3.63) is 54.4 Å². The molecule has 5 heteroatoms. The fourth-order valence-electron chi connectivity index (χ4n) is 2.58. The second-order valence-electron chi connectivity index (χ2n) is 5.81. The van der Waals surface area contributed by atoms with Crippen molar-refractivity contribution in [2.24, 2.45) is 11.5 Å². The van der Waals surface area contributed by atoms with E-state index in [-0.39, 0.29) is 0 Å². The Balaban J connectivity index is 2.06. The molecule has 0 radical (unpaired) electrons. The molecule has 0 aliphatic heterocycles. The summed E-state index contributed by atoms with van der Waals surface area (Å²) in [7, 11) is 0. The number of hydrogen-bond donors (Lipinski definition) is 2. The van der Waals surface area contributed by atoms with Gasteiger partial charge in [0, 0.05) is 5.56 Å². The van der Waals surface area contributed by atoms with Gasteiger partial charge in [0.25, 0.3) is 0 Å². The quantitative estimate of drug-likeness (QED) is 0.756. The summed E-state index contributed by atoms with van der Waals surface area (Å²) in [6, 6.07) is 14.0. The van der Waals surface area contributed by atoms with Crippen molar-refractivity contribution in [1.29, 1.82) is 0 Å². The number of rotatable bonds is 5. The van der Waals surface area contributed by atoms with E-state index in [4.69, 9.17) is 16.6 Å². The maximum absolute atomic E-state index is 6.42. The highest BCUT2D eigenvalue weighted by Gasteiger charge is 2.23. The van der Waals surface area contributed by atoms with E-state index < -0.39 is 5.54 Å². The Bertz CT molecular complexity index is 761. The molecule has 0 bridgehead atoms. The van der Waals surface area contributed by atoms with Crippen LogP contribution in [0.4, 0.5) is 0 Å². The van der Waals surface area contributed by atoms with Crippen LogP contribution in [0.25, 0.3) is 16.9 Å². The van der Waals surface area contributed by atoms with Crippen LogP contribution in [-0.4, -0.2) is 21.1 Å². The van der Waals surface area contributed by atoms with Gasteiger partial charge in [-0.05, 0) is 38.4 Å². The number of fused-ring (bicyclic) bond motifs is 1. The minimum atomic E-state index is -0.494. The Morgan fingerprint density at radius 2 is 1.91 bits per heavy atom. The molecule has 22 heavy (non-hydrogen) atoms. The monoisotopic (exact) mass is 295 g/mol. The molecule has 114 valence electrons. The van der Waals surface area contributed by atoms with Crippen molar-refractivity contribution in [2.75, 3.05) is 6.54 Å². The summed E-state index contributed by atoms with van der Waals surface area (Å²) in [5.74, 6) is 0. The van der Waals surface area contributed by atoms with E-state index >= 15 is 0 Å². The fraction of sp³-hybridized carbons (Fsp3) is 0.294. The molecule has 0 aliphatic rings. The molecule has 5 nitrogen and oxygen atoms in total. The molecule has 1 aromatic carbocycles. The van der Waals surface area contributed by atoms with Gasteiger partial charge in [-0.25, -0.2) is 9.50 Å². The maximum atomic E-state index is 6.42. The van der Waals surface area contributed by atoms with E-state index in [0.29, 0.717) is 6.54 Å². The third-order valence-electron chi connectivity index (χ3n) is 3.92. The largest absolute Gasteiger partial charge is 0.330 e. The third kappa shape index (κ3) is 2.73. The Hall–Kier alpha value is -2.24. The highest BCUT2D eigenvalue weighted by atomic mass is 15.3. The Labute approximate surface area is 130 Å². The summed E-state index contributed by atoms with van der Waals surface area (Å²) in [4.78, 5) is 4.42. The molecule has 0 amide bonds. The SMILES string of the molecule is CC(N)(CCCN)c1ccc2ncc(-c3ccccc3)n2n1. The van der Waals surface area contributed by atoms with Crippen LogP contribution in [0.5, 0.6) is 0 Å². The first-order valence-electron chi connectivity index (χ1n) is 7.51. The molecule has 3 aromatic rings. The predicted molar refractivity (Wildman–Crippen MR) is 88.3 cm³/mol. The molecular weight excluding hydrogens is 274 g/mol. The zero-order valence-corrected chi connectivity index (χ0v) is 12.7. The zero-order chi connectivity index (χ0) is 15.6. The Morgan fingerprint density at radius 1 is 1.14 bits per heavy atom. The van der Waals surface area contributed by atoms with Crippen molar-refractivity contribution in [3.8, 4) is 11.3 Å². The number of hydrogen-bond acceptors (Lipinski definition) is 4. The summed E-state index contributed by atoms with van der Waals surface area (Å²) in [6.07, 6.45) is 3.52. The molecule has 0 fully saturated rings. The van der Waals surface area contributed by atoms with Crippen molar-refractivity contribution in [3.63, 3.8) is 0 Å². The number of imidazole rings is 1. The Morgan fingerprint density at radius 3 is 2.64 bits per heavy atom. The molecular formula is C17H21N5. The topological polar surface area (TPSA) is 82.2 Å². The van der Waals surface area contributed by atoms with Crippen molar-refractivity contribution in [1.82, 2.24) is 14.6 Å². The second-order valence-corrected chi connectivity index (χ2v) is 5.81. The van der Waals surface area contributed by atoms with E-state index in [1.54, 1.807) is 0 Å². The number of nitrogens with zero attached hydrogens (tertiary/aromatic N) is 3. The van der Waals surface area contributed by atoms with Gasteiger partial charge in [0.05, 0.1) is 23.1 Å². The lowest BCUT2D eigenvalue weighted by Gasteiger charge is -2.23. The van der Waals surface area contributed by atoms with Gasteiger partial charge in [-0.2, -0.15) is 5.10 Å². The van der Waals surface area contributed by atoms with E-state index in [1.807, 2.05) is 60.1 Å². The lowest BCUT2D eigenvalue weighted by atomic mass is 9.93.